The van der Waals surface area contributed by atoms with Gasteiger partial charge in [-0.1, -0.05) is 30.3 Å². The van der Waals surface area contributed by atoms with Gasteiger partial charge in [-0.05, 0) is 36.6 Å². The van der Waals surface area contributed by atoms with Crippen molar-refractivity contribution in [3.8, 4) is 0 Å². The maximum atomic E-state index is 12.5. The summed E-state index contributed by atoms with van der Waals surface area (Å²) < 4.78 is 10.4. The van der Waals surface area contributed by atoms with Crippen LogP contribution in [0.5, 0.6) is 0 Å². The Kier molecular flexibility index (Phi) is 6.39. The molecule has 1 amide bonds. The van der Waals surface area contributed by atoms with E-state index in [1.807, 2.05) is 30.3 Å². The number of carbonyl (C=O) groups excluding carboxylic acids is 1. The van der Waals surface area contributed by atoms with Gasteiger partial charge in [-0.2, -0.15) is 5.10 Å². The van der Waals surface area contributed by atoms with Gasteiger partial charge in [0, 0.05) is 13.5 Å². The van der Waals surface area contributed by atoms with Crippen molar-refractivity contribution in [3.63, 3.8) is 0 Å². The number of aromatic nitrogens is 2. The Morgan fingerprint density at radius 1 is 1.21 bits per heavy atom. The Bertz CT molecular complexity index is 992. The van der Waals surface area contributed by atoms with Gasteiger partial charge >= 0.3 is 5.63 Å². The third-order valence-corrected chi connectivity index (χ3v) is 4.35. The topological polar surface area (TPSA) is 97.2 Å². The molecule has 2 N–H and O–H groups in total. The van der Waals surface area contributed by atoms with Crippen molar-refractivity contribution in [3.05, 3.63) is 86.7 Å². The van der Waals surface area contributed by atoms with Crippen LogP contribution in [0.1, 0.15) is 38.6 Å². The third kappa shape index (κ3) is 4.95. The van der Waals surface area contributed by atoms with Crippen molar-refractivity contribution in [1.29, 1.82) is 0 Å². The highest BCUT2D eigenvalue weighted by atomic mass is 16.5. The number of aryl methyl sites for hydroxylation is 3. The number of hydrogen-bond acceptors (Lipinski definition) is 5. The number of carbonyl (C=O) groups is 1. The summed E-state index contributed by atoms with van der Waals surface area (Å²) in [6, 6.07) is 13.5. The zero-order valence-corrected chi connectivity index (χ0v) is 16.0. The van der Waals surface area contributed by atoms with E-state index in [1.54, 1.807) is 26.2 Å². The third-order valence-electron chi connectivity index (χ3n) is 4.35. The first-order valence-electron chi connectivity index (χ1n) is 9.04. The fraction of sp³-hybridized carbons (Fsp3) is 0.286. The average Bonchev–Trinajstić information content (AvgIpc) is 3.13. The van der Waals surface area contributed by atoms with Gasteiger partial charge in [0.25, 0.3) is 5.91 Å². The molecule has 0 bridgehead atoms. The highest BCUT2D eigenvalue weighted by Gasteiger charge is 2.17. The van der Waals surface area contributed by atoms with Crippen LogP contribution in [-0.4, -0.2) is 23.2 Å². The monoisotopic (exact) mass is 381 g/mol. The van der Waals surface area contributed by atoms with Crippen LogP contribution in [0, 0.1) is 6.92 Å². The summed E-state index contributed by atoms with van der Waals surface area (Å²) in [6.45, 7) is 2.35. The van der Waals surface area contributed by atoms with Gasteiger partial charge in [0.05, 0.1) is 24.5 Å². The zero-order chi connectivity index (χ0) is 19.9. The van der Waals surface area contributed by atoms with E-state index in [9.17, 15) is 9.59 Å². The lowest BCUT2D eigenvalue weighted by Gasteiger charge is -2.07. The molecule has 0 fully saturated rings. The number of H-pyrrole nitrogens is 1. The number of nitrogens with zero attached hydrogens (tertiary/aromatic N) is 1. The van der Waals surface area contributed by atoms with E-state index in [0.717, 1.165) is 23.4 Å². The van der Waals surface area contributed by atoms with Gasteiger partial charge in [0.15, 0.2) is 0 Å². The molecule has 0 radical (unpaired) electrons. The number of methoxy groups -OCH3 is 1. The fourth-order valence-corrected chi connectivity index (χ4v) is 2.97. The van der Waals surface area contributed by atoms with Crippen LogP contribution in [-0.2, 0) is 30.7 Å². The molecular weight excluding hydrogens is 358 g/mol. The Morgan fingerprint density at radius 3 is 2.71 bits per heavy atom. The molecule has 0 saturated heterocycles. The van der Waals surface area contributed by atoms with Crippen LogP contribution >= 0.6 is 0 Å². The number of rotatable bonds is 8. The summed E-state index contributed by atoms with van der Waals surface area (Å²) in [5.74, 6) is 0.101. The molecule has 3 aromatic rings. The first kappa shape index (κ1) is 19.6. The van der Waals surface area contributed by atoms with E-state index in [-0.39, 0.29) is 12.1 Å². The minimum Gasteiger partial charge on any atom is -0.427 e. The maximum Gasteiger partial charge on any atom is 0.349 e. The molecule has 1 aromatic carbocycles. The Morgan fingerprint density at radius 2 is 2.00 bits per heavy atom. The van der Waals surface area contributed by atoms with Crippen molar-refractivity contribution in [1.82, 2.24) is 15.5 Å². The first-order chi connectivity index (χ1) is 13.6. The molecule has 2 aromatic heterocycles. The molecule has 0 aliphatic carbocycles. The van der Waals surface area contributed by atoms with Gasteiger partial charge < -0.3 is 14.5 Å². The molecule has 7 heteroatoms. The van der Waals surface area contributed by atoms with Crippen molar-refractivity contribution in [2.75, 3.05) is 7.11 Å². The van der Waals surface area contributed by atoms with Crippen molar-refractivity contribution in [2.24, 2.45) is 0 Å². The zero-order valence-electron chi connectivity index (χ0n) is 16.0. The smallest absolute Gasteiger partial charge is 0.349 e. The Labute approximate surface area is 162 Å². The van der Waals surface area contributed by atoms with E-state index in [4.69, 9.17) is 9.15 Å². The van der Waals surface area contributed by atoms with Gasteiger partial charge in [-0.15, -0.1) is 0 Å². The van der Waals surface area contributed by atoms with E-state index in [2.05, 4.69) is 15.5 Å². The summed E-state index contributed by atoms with van der Waals surface area (Å²) in [5.41, 5.74) is 2.64. The Hall–Kier alpha value is -3.19. The highest BCUT2D eigenvalue weighted by molar-refractivity contribution is 5.95. The average molecular weight is 381 g/mol. The first-order valence-corrected chi connectivity index (χ1v) is 9.04. The van der Waals surface area contributed by atoms with Gasteiger partial charge in [-0.3, -0.25) is 9.89 Å². The normalized spacial score (nSPS) is 10.8. The minimum absolute atomic E-state index is 0.0279. The van der Waals surface area contributed by atoms with Crippen molar-refractivity contribution < 1.29 is 13.9 Å². The standard InChI is InChI=1S/C21H23N3O4/c1-14-10-18(9-8-15-6-4-3-5-7-15)28-21(26)19(14)20(25)22-12-16-11-17(13-27-2)24-23-16/h3-7,10-11H,8-9,12-13H2,1-2H3,(H,22,25)(H,23,24). The van der Waals surface area contributed by atoms with Crippen LogP contribution in [0.2, 0.25) is 0 Å². The number of aromatic amines is 1. The van der Waals surface area contributed by atoms with Gasteiger partial charge in [0.1, 0.15) is 11.3 Å². The molecule has 0 unspecified atom stereocenters. The molecule has 28 heavy (non-hydrogen) atoms. The van der Waals surface area contributed by atoms with Gasteiger partial charge in [-0.25, -0.2) is 4.79 Å². The second-order valence-electron chi connectivity index (χ2n) is 6.54. The number of nitrogens with one attached hydrogen (secondary N) is 2. The SMILES string of the molecule is COCc1cc(CNC(=O)c2c(C)cc(CCc3ccccc3)oc2=O)[nH]n1. The summed E-state index contributed by atoms with van der Waals surface area (Å²) >= 11 is 0. The summed E-state index contributed by atoms with van der Waals surface area (Å²) in [6.07, 6.45) is 1.36. The van der Waals surface area contributed by atoms with E-state index >= 15 is 0 Å². The summed E-state index contributed by atoms with van der Waals surface area (Å²) in [7, 11) is 1.59. The van der Waals surface area contributed by atoms with Crippen molar-refractivity contribution >= 4 is 5.91 Å². The molecule has 0 saturated carbocycles. The molecule has 0 aliphatic heterocycles. The molecule has 2 heterocycles. The van der Waals surface area contributed by atoms with Crippen LogP contribution in [0.3, 0.4) is 0 Å². The van der Waals surface area contributed by atoms with E-state index < -0.39 is 11.5 Å². The van der Waals surface area contributed by atoms with Gasteiger partial charge in [0.2, 0.25) is 0 Å². The number of benzene rings is 1. The summed E-state index contributed by atoms with van der Waals surface area (Å²) in [5, 5.41) is 9.61. The van der Waals surface area contributed by atoms with E-state index in [1.165, 1.54) is 0 Å². The van der Waals surface area contributed by atoms with Crippen LogP contribution in [0.15, 0.2) is 51.7 Å². The summed E-state index contributed by atoms with van der Waals surface area (Å²) in [4.78, 5) is 24.8. The fourth-order valence-electron chi connectivity index (χ4n) is 2.97. The van der Waals surface area contributed by atoms with E-state index in [0.29, 0.717) is 24.4 Å². The quantitative estimate of drug-likeness (QED) is 0.625. The van der Waals surface area contributed by atoms with Crippen molar-refractivity contribution in [2.45, 2.75) is 32.9 Å². The number of ether oxygens (including phenoxy) is 1. The Balaban J connectivity index is 1.64. The minimum atomic E-state index is -0.620. The molecule has 3 rings (SSSR count). The maximum absolute atomic E-state index is 12.5. The lowest BCUT2D eigenvalue weighted by molar-refractivity contribution is 0.0945. The molecular formula is C21H23N3O4. The molecule has 0 atom stereocenters. The lowest BCUT2D eigenvalue weighted by Crippen LogP contribution is -2.29. The molecule has 146 valence electrons. The predicted molar refractivity (Wildman–Crippen MR) is 104 cm³/mol. The number of hydrogen-bond donors (Lipinski definition) is 2. The second kappa shape index (κ2) is 9.14. The highest BCUT2D eigenvalue weighted by Crippen LogP contribution is 2.11. The second-order valence-corrected chi connectivity index (χ2v) is 6.54. The largest absolute Gasteiger partial charge is 0.427 e. The lowest BCUT2D eigenvalue weighted by atomic mass is 10.1. The van der Waals surface area contributed by atoms with Crippen LogP contribution in [0.4, 0.5) is 0 Å². The molecule has 7 nitrogen and oxygen atoms in total. The molecule has 0 aliphatic rings. The van der Waals surface area contributed by atoms with Crippen LogP contribution < -0.4 is 10.9 Å². The molecule has 0 spiro atoms. The predicted octanol–water partition coefficient (Wildman–Crippen LogP) is 2.53. The number of amides is 1. The van der Waals surface area contributed by atoms with Crippen LogP contribution in [0.25, 0.3) is 0 Å².